The lowest BCUT2D eigenvalue weighted by atomic mass is 10.00. The quantitative estimate of drug-likeness (QED) is 0.882. The van der Waals surface area contributed by atoms with Crippen molar-refractivity contribution in [3.8, 4) is 11.5 Å². The number of fused-ring (bicyclic) bond motifs is 1. The number of hydrogen-bond donors (Lipinski definition) is 1. The predicted octanol–water partition coefficient (Wildman–Crippen LogP) is 3.35. The Bertz CT molecular complexity index is 583. The van der Waals surface area contributed by atoms with Crippen LogP contribution in [0.5, 0.6) is 11.5 Å². The average molecular weight is 283 g/mol. The molecule has 0 saturated carbocycles. The van der Waals surface area contributed by atoms with Gasteiger partial charge in [-0.15, -0.1) is 0 Å². The fraction of sp³-hybridized carbons (Fsp3) is 0.333. The van der Waals surface area contributed by atoms with Crippen LogP contribution in [0.4, 0.5) is 0 Å². The lowest BCUT2D eigenvalue weighted by molar-refractivity contribution is 0.286. The van der Waals surface area contributed by atoms with Gasteiger partial charge >= 0.3 is 0 Å². The van der Waals surface area contributed by atoms with Crippen LogP contribution in [-0.4, -0.2) is 20.3 Å². The number of nitrogens with one attached hydrogen (secondary N) is 1. The van der Waals surface area contributed by atoms with Crippen LogP contribution in [0.15, 0.2) is 48.5 Å². The van der Waals surface area contributed by atoms with Crippen LogP contribution in [0.25, 0.3) is 0 Å². The molecule has 1 aliphatic rings. The minimum atomic E-state index is 0.252. The summed E-state index contributed by atoms with van der Waals surface area (Å²) in [5, 5.41) is 3.37. The zero-order chi connectivity index (χ0) is 14.5. The van der Waals surface area contributed by atoms with E-state index in [0.29, 0.717) is 6.61 Å². The molecule has 0 aromatic heterocycles. The maximum absolute atomic E-state index is 5.80. The molecule has 1 aliphatic heterocycles. The summed E-state index contributed by atoms with van der Waals surface area (Å²) in [4.78, 5) is 0. The molecule has 3 nitrogen and oxygen atoms in total. The van der Waals surface area contributed by atoms with Gasteiger partial charge < -0.3 is 14.8 Å². The van der Waals surface area contributed by atoms with Crippen molar-refractivity contribution in [2.45, 2.75) is 18.9 Å². The topological polar surface area (TPSA) is 30.5 Å². The van der Waals surface area contributed by atoms with Gasteiger partial charge in [0.15, 0.2) is 0 Å². The van der Waals surface area contributed by atoms with Crippen LogP contribution in [0.3, 0.4) is 0 Å². The second-order valence-electron chi connectivity index (χ2n) is 5.23. The fourth-order valence-corrected chi connectivity index (χ4v) is 2.78. The largest absolute Gasteiger partial charge is 0.494 e. The van der Waals surface area contributed by atoms with E-state index in [0.717, 1.165) is 30.9 Å². The predicted molar refractivity (Wildman–Crippen MR) is 84.0 cm³/mol. The monoisotopic (exact) mass is 283 g/mol. The number of rotatable bonds is 6. The number of para-hydroxylation sites is 2. The van der Waals surface area contributed by atoms with Crippen molar-refractivity contribution in [1.29, 1.82) is 0 Å². The summed E-state index contributed by atoms with van der Waals surface area (Å²) in [5.41, 5.74) is 2.56. The van der Waals surface area contributed by atoms with Crippen molar-refractivity contribution in [2.24, 2.45) is 0 Å². The second kappa shape index (κ2) is 6.64. The molecule has 0 aliphatic carbocycles. The van der Waals surface area contributed by atoms with Crippen molar-refractivity contribution in [1.82, 2.24) is 5.32 Å². The first-order valence-corrected chi connectivity index (χ1v) is 7.48. The fourth-order valence-electron chi connectivity index (χ4n) is 2.78. The Morgan fingerprint density at radius 2 is 2.00 bits per heavy atom. The van der Waals surface area contributed by atoms with Crippen LogP contribution < -0.4 is 14.8 Å². The average Bonchev–Trinajstić information content (AvgIpc) is 3.01. The van der Waals surface area contributed by atoms with E-state index >= 15 is 0 Å². The first-order chi connectivity index (χ1) is 10.4. The molecule has 0 radical (unpaired) electrons. The van der Waals surface area contributed by atoms with E-state index in [1.54, 1.807) is 0 Å². The van der Waals surface area contributed by atoms with Gasteiger partial charge in [0.2, 0.25) is 0 Å². The van der Waals surface area contributed by atoms with E-state index in [2.05, 4.69) is 23.5 Å². The Morgan fingerprint density at radius 3 is 2.81 bits per heavy atom. The molecule has 0 fully saturated rings. The van der Waals surface area contributed by atoms with Crippen LogP contribution in [-0.2, 0) is 6.42 Å². The Morgan fingerprint density at radius 1 is 1.14 bits per heavy atom. The molecule has 21 heavy (non-hydrogen) atoms. The van der Waals surface area contributed by atoms with Gasteiger partial charge in [-0.25, -0.2) is 0 Å². The van der Waals surface area contributed by atoms with Crippen LogP contribution >= 0.6 is 0 Å². The molecule has 0 amide bonds. The highest BCUT2D eigenvalue weighted by molar-refractivity contribution is 5.45. The standard InChI is InChI=1S/C18H21NO2/c1-19-17(11-13-20-15-7-3-2-4-8-15)16-9-5-6-14-10-12-21-18(14)16/h2-9,17,19H,10-13H2,1H3. The molecular formula is C18H21NO2. The Balaban J connectivity index is 1.65. The van der Waals surface area contributed by atoms with E-state index in [9.17, 15) is 0 Å². The maximum Gasteiger partial charge on any atom is 0.127 e. The van der Waals surface area contributed by atoms with Gasteiger partial charge in [0.1, 0.15) is 11.5 Å². The smallest absolute Gasteiger partial charge is 0.127 e. The van der Waals surface area contributed by atoms with Crippen molar-refractivity contribution in [2.75, 3.05) is 20.3 Å². The highest BCUT2D eigenvalue weighted by Gasteiger charge is 2.21. The molecule has 0 spiro atoms. The Kier molecular flexibility index (Phi) is 4.41. The summed E-state index contributed by atoms with van der Waals surface area (Å²) in [6.45, 7) is 1.47. The lowest BCUT2D eigenvalue weighted by Gasteiger charge is -2.19. The third-order valence-electron chi connectivity index (χ3n) is 3.89. The maximum atomic E-state index is 5.80. The van der Waals surface area contributed by atoms with Crippen molar-refractivity contribution >= 4 is 0 Å². The SMILES string of the molecule is CNC(CCOc1ccccc1)c1cccc2c1OCC2. The molecule has 1 unspecified atom stereocenters. The Labute approximate surface area is 125 Å². The molecule has 0 saturated heterocycles. The van der Waals surface area contributed by atoms with Crippen LogP contribution in [0.2, 0.25) is 0 Å². The van der Waals surface area contributed by atoms with E-state index in [1.807, 2.05) is 37.4 Å². The molecule has 1 atom stereocenters. The third-order valence-corrected chi connectivity index (χ3v) is 3.89. The van der Waals surface area contributed by atoms with Crippen LogP contribution in [0.1, 0.15) is 23.6 Å². The van der Waals surface area contributed by atoms with Crippen LogP contribution in [0, 0.1) is 0 Å². The first kappa shape index (κ1) is 14.0. The van der Waals surface area contributed by atoms with E-state index in [-0.39, 0.29) is 6.04 Å². The molecule has 1 N–H and O–H groups in total. The van der Waals surface area contributed by atoms with Gasteiger partial charge in [0, 0.05) is 24.4 Å². The van der Waals surface area contributed by atoms with Gasteiger partial charge in [-0.1, -0.05) is 36.4 Å². The first-order valence-electron chi connectivity index (χ1n) is 7.48. The lowest BCUT2D eigenvalue weighted by Crippen LogP contribution is -2.19. The molecule has 2 aromatic rings. The molecule has 3 rings (SSSR count). The summed E-state index contributed by atoms with van der Waals surface area (Å²) in [6, 6.07) is 16.6. The van der Waals surface area contributed by atoms with Gasteiger partial charge in [-0.2, -0.15) is 0 Å². The summed E-state index contributed by atoms with van der Waals surface area (Å²) < 4.78 is 11.6. The highest BCUT2D eigenvalue weighted by atomic mass is 16.5. The zero-order valence-corrected chi connectivity index (χ0v) is 12.3. The summed E-state index contributed by atoms with van der Waals surface area (Å²) in [7, 11) is 1.99. The summed E-state index contributed by atoms with van der Waals surface area (Å²) in [5.74, 6) is 1.98. The van der Waals surface area contributed by atoms with E-state index in [4.69, 9.17) is 9.47 Å². The van der Waals surface area contributed by atoms with Crippen molar-refractivity contribution in [3.63, 3.8) is 0 Å². The van der Waals surface area contributed by atoms with E-state index < -0.39 is 0 Å². The zero-order valence-electron chi connectivity index (χ0n) is 12.3. The van der Waals surface area contributed by atoms with E-state index in [1.165, 1.54) is 11.1 Å². The molecule has 1 heterocycles. The minimum Gasteiger partial charge on any atom is -0.494 e. The molecule has 2 aromatic carbocycles. The normalized spacial score (nSPS) is 14.3. The molecule has 110 valence electrons. The molecule has 3 heteroatoms. The number of hydrogen-bond acceptors (Lipinski definition) is 3. The third kappa shape index (κ3) is 3.19. The van der Waals surface area contributed by atoms with Gasteiger partial charge in [0.05, 0.1) is 13.2 Å². The van der Waals surface area contributed by atoms with Gasteiger partial charge in [-0.3, -0.25) is 0 Å². The number of ether oxygens (including phenoxy) is 2. The summed E-state index contributed by atoms with van der Waals surface area (Å²) >= 11 is 0. The van der Waals surface area contributed by atoms with Crippen molar-refractivity contribution in [3.05, 3.63) is 59.7 Å². The van der Waals surface area contributed by atoms with Gasteiger partial charge in [-0.05, 0) is 24.7 Å². The highest BCUT2D eigenvalue weighted by Crippen LogP contribution is 2.34. The van der Waals surface area contributed by atoms with Crippen molar-refractivity contribution < 1.29 is 9.47 Å². The minimum absolute atomic E-state index is 0.252. The summed E-state index contributed by atoms with van der Waals surface area (Å²) in [6.07, 6.45) is 1.92. The Hall–Kier alpha value is -2.00. The number of benzene rings is 2. The van der Waals surface area contributed by atoms with Gasteiger partial charge in [0.25, 0.3) is 0 Å². The molecule has 0 bridgehead atoms. The molecular weight excluding hydrogens is 262 g/mol. The second-order valence-corrected chi connectivity index (χ2v) is 5.23.